The lowest BCUT2D eigenvalue weighted by molar-refractivity contribution is -0.0499. The summed E-state index contributed by atoms with van der Waals surface area (Å²) in [4.78, 5) is 0. The van der Waals surface area contributed by atoms with Gasteiger partial charge in [-0.15, -0.1) is 0 Å². The Kier molecular flexibility index (Phi) is 3.88. The topological polar surface area (TPSA) is 56.5 Å². The predicted molar refractivity (Wildman–Crippen MR) is 94.8 cm³/mol. The number of alkyl halides is 3. The van der Waals surface area contributed by atoms with Gasteiger partial charge in [0.2, 0.25) is 0 Å². The van der Waals surface area contributed by atoms with Gasteiger partial charge in [-0.05, 0) is 35.4 Å². The van der Waals surface area contributed by atoms with Crippen LogP contribution in [0.15, 0.2) is 71.1 Å². The molecule has 0 saturated carbocycles. The van der Waals surface area contributed by atoms with Gasteiger partial charge in [0, 0.05) is 5.39 Å². The zero-order valence-electron chi connectivity index (χ0n) is 13.5. The lowest BCUT2D eigenvalue weighted by atomic mass is 10.0. The Balaban J connectivity index is 1.88. The molecule has 0 atom stereocenters. The van der Waals surface area contributed by atoms with Gasteiger partial charge in [-0.1, -0.05) is 42.5 Å². The molecule has 27 heavy (non-hydrogen) atoms. The molecule has 138 valence electrons. The van der Waals surface area contributed by atoms with Crippen LogP contribution in [-0.2, 0) is 10.1 Å². The summed E-state index contributed by atoms with van der Waals surface area (Å²) in [7, 11) is -5.78. The van der Waals surface area contributed by atoms with E-state index in [4.69, 9.17) is 4.42 Å². The first-order chi connectivity index (χ1) is 12.8. The van der Waals surface area contributed by atoms with E-state index in [9.17, 15) is 21.6 Å². The molecular weight excluding hydrogens is 381 g/mol. The van der Waals surface area contributed by atoms with Crippen LogP contribution in [0.2, 0.25) is 0 Å². The average molecular weight is 392 g/mol. The summed E-state index contributed by atoms with van der Waals surface area (Å²) in [5, 5.41) is 0.623. The van der Waals surface area contributed by atoms with Crippen molar-refractivity contribution >= 4 is 32.1 Å². The van der Waals surface area contributed by atoms with Crippen LogP contribution in [0.3, 0.4) is 0 Å². The van der Waals surface area contributed by atoms with Crippen LogP contribution in [-0.4, -0.2) is 13.9 Å². The third-order valence-corrected chi connectivity index (χ3v) is 5.01. The first-order valence-electron chi connectivity index (χ1n) is 7.78. The van der Waals surface area contributed by atoms with E-state index in [1.165, 1.54) is 12.1 Å². The summed E-state index contributed by atoms with van der Waals surface area (Å²) in [6.07, 6.45) is 0. The van der Waals surface area contributed by atoms with Crippen molar-refractivity contribution in [1.29, 1.82) is 0 Å². The van der Waals surface area contributed by atoms with Crippen molar-refractivity contribution in [2.24, 2.45) is 0 Å². The zero-order chi connectivity index (χ0) is 19.2. The number of hydrogen-bond acceptors (Lipinski definition) is 4. The van der Waals surface area contributed by atoms with Gasteiger partial charge in [-0.3, -0.25) is 0 Å². The molecule has 4 nitrogen and oxygen atoms in total. The zero-order valence-corrected chi connectivity index (χ0v) is 14.3. The van der Waals surface area contributed by atoms with Crippen molar-refractivity contribution in [2.45, 2.75) is 5.51 Å². The summed E-state index contributed by atoms with van der Waals surface area (Å²) < 4.78 is 70.8. The van der Waals surface area contributed by atoms with Gasteiger partial charge in [-0.2, -0.15) is 21.6 Å². The highest BCUT2D eigenvalue weighted by Crippen LogP contribution is 2.39. The molecule has 0 aliphatic carbocycles. The number of furan rings is 1. The van der Waals surface area contributed by atoms with Gasteiger partial charge >= 0.3 is 15.6 Å². The van der Waals surface area contributed by atoms with Crippen LogP contribution in [0.4, 0.5) is 13.2 Å². The largest absolute Gasteiger partial charge is 0.534 e. The molecular formula is C19H11F3O4S. The maximum atomic E-state index is 12.7. The fraction of sp³-hybridized carbons (Fsp3) is 0.0526. The van der Waals surface area contributed by atoms with Crippen LogP contribution in [0.1, 0.15) is 0 Å². The fourth-order valence-corrected chi connectivity index (χ4v) is 3.31. The smallest absolute Gasteiger partial charge is 0.456 e. The Morgan fingerprint density at radius 1 is 0.815 bits per heavy atom. The highest BCUT2D eigenvalue weighted by molar-refractivity contribution is 7.88. The monoisotopic (exact) mass is 392 g/mol. The standard InChI is InChI=1S/C19H11F3O4S/c20-19(21,22)27(23,24)26-16-8-4-7-15-18(16)14-10-9-13(11-17(14)25-15)12-5-2-1-3-6-12/h1-11H. The molecule has 0 bridgehead atoms. The molecule has 0 spiro atoms. The molecule has 1 aromatic heterocycles. The van der Waals surface area contributed by atoms with E-state index in [1.807, 2.05) is 30.3 Å². The highest BCUT2D eigenvalue weighted by atomic mass is 32.2. The molecule has 0 unspecified atom stereocenters. The van der Waals surface area contributed by atoms with Crippen molar-refractivity contribution in [3.05, 3.63) is 66.7 Å². The van der Waals surface area contributed by atoms with Crippen LogP contribution < -0.4 is 4.18 Å². The first-order valence-corrected chi connectivity index (χ1v) is 9.18. The molecule has 4 rings (SSSR count). The van der Waals surface area contributed by atoms with Crippen LogP contribution in [0.25, 0.3) is 33.1 Å². The summed E-state index contributed by atoms with van der Waals surface area (Å²) >= 11 is 0. The van der Waals surface area contributed by atoms with E-state index in [2.05, 4.69) is 4.18 Å². The summed E-state index contributed by atoms with van der Waals surface area (Å²) in [6, 6.07) is 18.7. The minimum atomic E-state index is -5.78. The second kappa shape index (κ2) is 6.02. The van der Waals surface area contributed by atoms with Crippen LogP contribution in [0.5, 0.6) is 5.75 Å². The third-order valence-electron chi connectivity index (χ3n) is 4.05. The van der Waals surface area contributed by atoms with Gasteiger partial charge in [0.25, 0.3) is 0 Å². The van der Waals surface area contributed by atoms with E-state index >= 15 is 0 Å². The Bertz CT molecular complexity index is 1240. The fourth-order valence-electron chi connectivity index (χ4n) is 2.84. The minimum absolute atomic E-state index is 0.167. The minimum Gasteiger partial charge on any atom is -0.456 e. The Morgan fingerprint density at radius 3 is 2.26 bits per heavy atom. The number of halogens is 3. The molecule has 8 heteroatoms. The molecule has 0 amide bonds. The van der Waals surface area contributed by atoms with Crippen LogP contribution in [0, 0.1) is 0 Å². The van der Waals surface area contributed by atoms with Crippen molar-refractivity contribution in [1.82, 2.24) is 0 Å². The number of rotatable bonds is 3. The summed E-state index contributed by atoms with van der Waals surface area (Å²) in [5.74, 6) is -0.434. The van der Waals surface area contributed by atoms with Gasteiger partial charge in [0.1, 0.15) is 11.2 Å². The molecule has 0 saturated heterocycles. The Labute approximate surface area is 151 Å². The van der Waals surface area contributed by atoms with E-state index in [1.54, 1.807) is 18.2 Å². The number of hydrogen-bond donors (Lipinski definition) is 0. The summed E-state index contributed by atoms with van der Waals surface area (Å²) in [5.41, 5.74) is -3.09. The van der Waals surface area contributed by atoms with Gasteiger partial charge in [0.05, 0.1) is 5.39 Å². The molecule has 4 aromatic rings. The van der Waals surface area contributed by atoms with E-state index in [0.717, 1.165) is 17.2 Å². The van der Waals surface area contributed by atoms with Crippen LogP contribution >= 0.6 is 0 Å². The lowest BCUT2D eigenvalue weighted by Gasteiger charge is -2.10. The highest BCUT2D eigenvalue weighted by Gasteiger charge is 2.48. The van der Waals surface area contributed by atoms with E-state index < -0.39 is 21.4 Å². The van der Waals surface area contributed by atoms with Crippen molar-refractivity contribution in [3.8, 4) is 16.9 Å². The van der Waals surface area contributed by atoms with Gasteiger partial charge < -0.3 is 8.60 Å². The first kappa shape index (κ1) is 17.4. The number of fused-ring (bicyclic) bond motifs is 3. The molecule has 0 aliphatic rings. The molecule has 3 aromatic carbocycles. The second-order valence-electron chi connectivity index (χ2n) is 5.79. The second-order valence-corrected chi connectivity index (χ2v) is 7.33. The van der Waals surface area contributed by atoms with E-state index in [-0.39, 0.29) is 11.0 Å². The molecule has 0 fully saturated rings. The quantitative estimate of drug-likeness (QED) is 0.342. The maximum Gasteiger partial charge on any atom is 0.534 e. The van der Waals surface area contributed by atoms with Crippen molar-refractivity contribution < 1.29 is 30.2 Å². The predicted octanol–water partition coefficient (Wildman–Crippen LogP) is 5.48. The summed E-state index contributed by atoms with van der Waals surface area (Å²) in [6.45, 7) is 0. The third kappa shape index (κ3) is 3.02. The normalized spacial score (nSPS) is 12.6. The number of benzene rings is 3. The van der Waals surface area contributed by atoms with E-state index in [0.29, 0.717) is 11.0 Å². The van der Waals surface area contributed by atoms with Gasteiger partial charge in [-0.25, -0.2) is 0 Å². The van der Waals surface area contributed by atoms with Gasteiger partial charge in [0.15, 0.2) is 5.75 Å². The average Bonchev–Trinajstić information content (AvgIpc) is 3.00. The Morgan fingerprint density at radius 2 is 1.56 bits per heavy atom. The molecule has 0 radical (unpaired) electrons. The molecule has 0 aliphatic heterocycles. The SMILES string of the molecule is O=S(=O)(Oc1cccc2oc3cc(-c4ccccc4)ccc3c12)C(F)(F)F. The maximum absolute atomic E-state index is 12.7. The van der Waals surface area contributed by atoms with Crippen molar-refractivity contribution in [3.63, 3.8) is 0 Å². The van der Waals surface area contributed by atoms with Crippen molar-refractivity contribution in [2.75, 3.05) is 0 Å². The lowest BCUT2D eigenvalue weighted by Crippen LogP contribution is -2.28. The Hall–Kier alpha value is -3.00. The molecule has 1 heterocycles. The molecule has 0 N–H and O–H groups in total.